The van der Waals surface area contributed by atoms with Crippen LogP contribution in [0.2, 0.25) is 0 Å². The lowest BCUT2D eigenvalue weighted by Crippen LogP contribution is -2.36. The molecule has 0 unspecified atom stereocenters. The highest BCUT2D eigenvalue weighted by molar-refractivity contribution is 6.09. The third kappa shape index (κ3) is 6.03. The number of ether oxygens (including phenoxy) is 1. The molecule has 3 aromatic heterocycles. The van der Waals surface area contributed by atoms with Crippen LogP contribution >= 0.6 is 0 Å². The van der Waals surface area contributed by atoms with Crippen LogP contribution in [0.1, 0.15) is 54.6 Å². The number of pyridine rings is 1. The Labute approximate surface area is 284 Å². The molecule has 1 aliphatic carbocycles. The number of para-hydroxylation sites is 1. The normalized spacial score (nSPS) is 17.0. The van der Waals surface area contributed by atoms with Crippen LogP contribution < -0.4 is 4.74 Å². The number of nitrogens with zero attached hydrogens (tertiary/aromatic N) is 4. The minimum Gasteiger partial charge on any atom is -0.457 e. The first kappa shape index (κ1) is 33.4. The molecule has 258 valence electrons. The van der Waals surface area contributed by atoms with Crippen molar-refractivity contribution in [2.45, 2.75) is 64.7 Å². The number of alkyl halides is 6. The molecule has 7 rings (SSSR count). The van der Waals surface area contributed by atoms with Crippen LogP contribution in [0, 0.1) is 19.8 Å². The molecule has 0 spiro atoms. The Balaban J connectivity index is 1.27. The summed E-state index contributed by atoms with van der Waals surface area (Å²) in [5.74, 6) is -2.34. The van der Waals surface area contributed by atoms with Crippen molar-refractivity contribution in [1.29, 1.82) is 0 Å². The Morgan fingerprint density at radius 1 is 0.840 bits per heavy atom. The van der Waals surface area contributed by atoms with E-state index in [1.165, 1.54) is 24.1 Å². The van der Waals surface area contributed by atoms with Gasteiger partial charge in [0.25, 0.3) is 0 Å². The minimum absolute atomic E-state index is 0.0585. The molecule has 0 saturated carbocycles. The smallest absolute Gasteiger partial charge is 0.412 e. The summed E-state index contributed by atoms with van der Waals surface area (Å²) in [4.78, 5) is 4.69. The van der Waals surface area contributed by atoms with Gasteiger partial charge in [0, 0.05) is 51.9 Å². The van der Waals surface area contributed by atoms with Gasteiger partial charge >= 0.3 is 12.4 Å². The number of benzene rings is 3. The van der Waals surface area contributed by atoms with Gasteiger partial charge in [-0.25, -0.2) is 9.67 Å². The second-order valence-electron chi connectivity index (χ2n) is 12.8. The van der Waals surface area contributed by atoms with E-state index in [4.69, 9.17) is 9.72 Å². The predicted octanol–water partition coefficient (Wildman–Crippen LogP) is 11.3. The molecule has 11 heteroatoms. The van der Waals surface area contributed by atoms with E-state index in [0.29, 0.717) is 17.2 Å². The Morgan fingerprint density at radius 3 is 2.36 bits per heavy atom. The fraction of sp³-hybridized carbons (Fsp3) is 0.282. The summed E-state index contributed by atoms with van der Waals surface area (Å²) in [7, 11) is 0. The standard InChI is InChI=1S/C39H34F6N4O/c1-4-9-25-18-19-46-35(20-25)48-33-15-6-5-12-29(33)30-17-16-28(22-34(30)48)50-27-11-7-10-26(21-27)49-24(3)36(23(2)47-49)37-31(38(40,41)42)13-8-14-32(37)39(43,44)45/h5-7,10-13,15-22,32,37H,4,8-9,14H2,1-3H3/t32-,37+/m0/s1. The van der Waals surface area contributed by atoms with Crippen LogP contribution in [0.25, 0.3) is 33.3 Å². The summed E-state index contributed by atoms with van der Waals surface area (Å²) in [5, 5.41) is 6.54. The van der Waals surface area contributed by atoms with Gasteiger partial charge in [0.15, 0.2) is 0 Å². The number of hydrogen-bond donors (Lipinski definition) is 0. The Kier molecular flexibility index (Phi) is 8.48. The van der Waals surface area contributed by atoms with Crippen molar-refractivity contribution in [2.75, 3.05) is 0 Å². The fourth-order valence-corrected chi connectivity index (χ4v) is 7.39. The molecule has 0 bridgehead atoms. The number of aryl methyl sites for hydroxylation is 2. The van der Waals surface area contributed by atoms with E-state index in [0.717, 1.165) is 46.5 Å². The molecular weight excluding hydrogens is 654 g/mol. The van der Waals surface area contributed by atoms with Gasteiger partial charge in [0.2, 0.25) is 0 Å². The highest BCUT2D eigenvalue weighted by atomic mass is 19.4. The van der Waals surface area contributed by atoms with Crippen LogP contribution in [0.4, 0.5) is 26.3 Å². The zero-order valence-electron chi connectivity index (χ0n) is 27.6. The molecule has 0 saturated heterocycles. The molecule has 3 heterocycles. The Hall–Kier alpha value is -5.06. The minimum atomic E-state index is -4.91. The summed E-state index contributed by atoms with van der Waals surface area (Å²) in [6.07, 6.45) is -5.80. The number of hydrogen-bond acceptors (Lipinski definition) is 3. The number of rotatable bonds is 7. The quantitative estimate of drug-likeness (QED) is 0.124. The first-order valence-corrected chi connectivity index (χ1v) is 16.5. The SMILES string of the molecule is CCCc1ccnc(-n2c3ccccc3c3ccc(Oc4cccc(-n5nc(C)c([C@@H]6C(C(F)(F)F)=CCC[C@@H]6C(F)(F)F)c5C)c4)cc32)c1. The van der Waals surface area contributed by atoms with Gasteiger partial charge < -0.3 is 4.74 Å². The molecule has 0 N–H and O–H groups in total. The maximum atomic E-state index is 14.2. The summed E-state index contributed by atoms with van der Waals surface area (Å²) in [5.41, 5.74) is 2.61. The van der Waals surface area contributed by atoms with Gasteiger partial charge in [-0.05, 0) is 81.1 Å². The van der Waals surface area contributed by atoms with Crippen molar-refractivity contribution >= 4 is 21.8 Å². The first-order valence-electron chi connectivity index (χ1n) is 16.5. The number of aromatic nitrogens is 4. The van der Waals surface area contributed by atoms with E-state index >= 15 is 0 Å². The number of allylic oxidation sites excluding steroid dienone is 2. The van der Waals surface area contributed by atoms with Crippen LogP contribution in [0.15, 0.2) is 96.7 Å². The average molecular weight is 689 g/mol. The summed E-state index contributed by atoms with van der Waals surface area (Å²) in [6, 6.07) is 24.8. The van der Waals surface area contributed by atoms with Gasteiger partial charge in [0.05, 0.1) is 28.3 Å². The summed E-state index contributed by atoms with van der Waals surface area (Å²) in [6.45, 7) is 5.10. The van der Waals surface area contributed by atoms with Gasteiger partial charge in [-0.2, -0.15) is 31.4 Å². The highest BCUT2D eigenvalue weighted by Gasteiger charge is 2.54. The van der Waals surface area contributed by atoms with Gasteiger partial charge in [-0.15, -0.1) is 0 Å². The molecule has 5 nitrogen and oxygen atoms in total. The van der Waals surface area contributed by atoms with Gasteiger partial charge in [0.1, 0.15) is 17.3 Å². The third-order valence-electron chi connectivity index (χ3n) is 9.51. The lowest BCUT2D eigenvalue weighted by atomic mass is 9.73. The summed E-state index contributed by atoms with van der Waals surface area (Å²) >= 11 is 0. The van der Waals surface area contributed by atoms with Crippen LogP contribution in [-0.2, 0) is 6.42 Å². The van der Waals surface area contributed by atoms with Crippen LogP contribution in [-0.4, -0.2) is 31.7 Å². The number of halogens is 6. The van der Waals surface area contributed by atoms with E-state index in [1.807, 2.05) is 48.7 Å². The van der Waals surface area contributed by atoms with E-state index in [9.17, 15) is 26.3 Å². The van der Waals surface area contributed by atoms with E-state index in [1.54, 1.807) is 24.3 Å². The van der Waals surface area contributed by atoms with E-state index in [2.05, 4.69) is 28.7 Å². The number of fused-ring (bicyclic) bond motifs is 3. The average Bonchev–Trinajstić information content (AvgIpc) is 3.56. The molecule has 0 amide bonds. The molecular formula is C39H34F6N4O. The molecule has 0 aliphatic heterocycles. The van der Waals surface area contributed by atoms with Crippen LogP contribution in [0.3, 0.4) is 0 Å². The second-order valence-corrected chi connectivity index (χ2v) is 12.8. The van der Waals surface area contributed by atoms with Crippen molar-refractivity contribution in [3.05, 3.63) is 119 Å². The monoisotopic (exact) mass is 688 g/mol. The molecule has 0 fully saturated rings. The van der Waals surface area contributed by atoms with Gasteiger partial charge in [-0.1, -0.05) is 43.7 Å². The van der Waals surface area contributed by atoms with Crippen LogP contribution in [0.5, 0.6) is 11.5 Å². The van der Waals surface area contributed by atoms with Crippen molar-refractivity contribution in [1.82, 2.24) is 19.3 Å². The summed E-state index contributed by atoms with van der Waals surface area (Å²) < 4.78 is 94.8. The second kappa shape index (κ2) is 12.7. The van der Waals surface area contributed by atoms with Gasteiger partial charge in [-0.3, -0.25) is 4.57 Å². The molecule has 3 aromatic carbocycles. The zero-order valence-corrected chi connectivity index (χ0v) is 27.6. The first-order chi connectivity index (χ1) is 23.8. The Bertz CT molecular complexity index is 2240. The maximum absolute atomic E-state index is 14.2. The zero-order chi connectivity index (χ0) is 35.4. The molecule has 0 radical (unpaired) electrons. The van der Waals surface area contributed by atoms with Crippen molar-refractivity contribution < 1.29 is 31.1 Å². The van der Waals surface area contributed by atoms with E-state index in [-0.39, 0.29) is 23.4 Å². The van der Waals surface area contributed by atoms with Crippen molar-refractivity contribution in [3.8, 4) is 23.0 Å². The van der Waals surface area contributed by atoms with Crippen molar-refractivity contribution in [3.63, 3.8) is 0 Å². The molecule has 6 aromatic rings. The topological polar surface area (TPSA) is 44.9 Å². The molecule has 2 atom stereocenters. The van der Waals surface area contributed by atoms with E-state index < -0.39 is 36.2 Å². The maximum Gasteiger partial charge on any atom is 0.412 e. The highest BCUT2D eigenvalue weighted by Crippen LogP contribution is 2.53. The lowest BCUT2D eigenvalue weighted by Gasteiger charge is -2.35. The largest absolute Gasteiger partial charge is 0.457 e. The molecule has 1 aliphatic rings. The Morgan fingerprint density at radius 2 is 1.60 bits per heavy atom. The third-order valence-corrected chi connectivity index (χ3v) is 9.51. The lowest BCUT2D eigenvalue weighted by molar-refractivity contribution is -0.187. The predicted molar refractivity (Wildman–Crippen MR) is 181 cm³/mol. The molecule has 50 heavy (non-hydrogen) atoms. The fourth-order valence-electron chi connectivity index (χ4n) is 7.39. The van der Waals surface area contributed by atoms with Crippen molar-refractivity contribution in [2.24, 2.45) is 5.92 Å².